The third-order valence-corrected chi connectivity index (χ3v) is 5.22. The molecule has 0 aliphatic carbocycles. The SMILES string of the molecule is CCN(CC)S(=O)(=O)c1csc(C(=O)O)c1. The van der Waals surface area contributed by atoms with Crippen molar-refractivity contribution in [3.8, 4) is 0 Å². The number of carbonyl (C=O) groups is 1. The molecule has 1 aromatic heterocycles. The molecule has 5 nitrogen and oxygen atoms in total. The molecular formula is C9H13NO4S2. The monoisotopic (exact) mass is 263 g/mol. The number of aromatic carboxylic acids is 1. The van der Waals surface area contributed by atoms with Gasteiger partial charge in [0, 0.05) is 18.5 Å². The standard InChI is InChI=1S/C9H13NO4S2/c1-3-10(4-2)16(13,14)7-5-8(9(11)12)15-6-7/h5-6H,3-4H2,1-2H3,(H,11,12). The zero-order valence-corrected chi connectivity index (χ0v) is 10.6. The second kappa shape index (κ2) is 4.94. The molecule has 0 saturated carbocycles. The number of carboxylic acid groups (broad SMARTS) is 1. The first kappa shape index (κ1) is 13.1. The van der Waals surface area contributed by atoms with Crippen molar-refractivity contribution in [2.24, 2.45) is 0 Å². The van der Waals surface area contributed by atoms with Gasteiger partial charge in [-0.3, -0.25) is 0 Å². The summed E-state index contributed by atoms with van der Waals surface area (Å²) < 4.78 is 25.2. The largest absolute Gasteiger partial charge is 0.477 e. The van der Waals surface area contributed by atoms with Crippen LogP contribution in [0.4, 0.5) is 0 Å². The summed E-state index contributed by atoms with van der Waals surface area (Å²) in [5, 5.41) is 10.1. The van der Waals surface area contributed by atoms with Gasteiger partial charge in [-0.1, -0.05) is 13.8 Å². The summed E-state index contributed by atoms with van der Waals surface area (Å²) in [7, 11) is -3.53. The van der Waals surface area contributed by atoms with Gasteiger partial charge >= 0.3 is 5.97 Å². The van der Waals surface area contributed by atoms with Crippen LogP contribution >= 0.6 is 11.3 Å². The predicted molar refractivity (Wildman–Crippen MR) is 61.4 cm³/mol. The number of carboxylic acids is 1. The molecule has 0 aliphatic heterocycles. The van der Waals surface area contributed by atoms with E-state index in [-0.39, 0.29) is 9.77 Å². The summed E-state index contributed by atoms with van der Waals surface area (Å²) in [6, 6.07) is 1.20. The predicted octanol–water partition coefficient (Wildman–Crippen LogP) is 1.48. The molecule has 1 aromatic rings. The van der Waals surface area contributed by atoms with Gasteiger partial charge in [0.1, 0.15) is 4.88 Å². The first-order chi connectivity index (χ1) is 7.43. The molecular weight excluding hydrogens is 250 g/mol. The second-order valence-electron chi connectivity index (χ2n) is 3.04. The maximum Gasteiger partial charge on any atom is 0.345 e. The van der Waals surface area contributed by atoms with Crippen LogP contribution in [0, 0.1) is 0 Å². The number of hydrogen-bond acceptors (Lipinski definition) is 4. The van der Waals surface area contributed by atoms with E-state index in [4.69, 9.17) is 5.11 Å². The van der Waals surface area contributed by atoms with E-state index in [0.717, 1.165) is 11.3 Å². The van der Waals surface area contributed by atoms with Crippen LogP contribution in [0.25, 0.3) is 0 Å². The van der Waals surface area contributed by atoms with E-state index in [1.165, 1.54) is 15.8 Å². The van der Waals surface area contributed by atoms with Crippen molar-refractivity contribution < 1.29 is 18.3 Å². The zero-order chi connectivity index (χ0) is 12.3. The molecule has 1 heterocycles. The number of sulfonamides is 1. The van der Waals surface area contributed by atoms with Gasteiger partial charge in [0.2, 0.25) is 10.0 Å². The van der Waals surface area contributed by atoms with Crippen LogP contribution in [-0.2, 0) is 10.0 Å². The minimum absolute atomic E-state index is 0.0331. The van der Waals surface area contributed by atoms with Crippen molar-refractivity contribution in [2.45, 2.75) is 18.7 Å². The third kappa shape index (κ3) is 2.42. The van der Waals surface area contributed by atoms with Crippen molar-refractivity contribution in [1.29, 1.82) is 0 Å². The van der Waals surface area contributed by atoms with Gasteiger partial charge in [-0.15, -0.1) is 11.3 Å². The van der Waals surface area contributed by atoms with Gasteiger partial charge < -0.3 is 5.11 Å². The minimum Gasteiger partial charge on any atom is -0.477 e. The maximum atomic E-state index is 12.0. The van der Waals surface area contributed by atoms with Gasteiger partial charge in [-0.2, -0.15) is 4.31 Å². The smallest absolute Gasteiger partial charge is 0.345 e. The molecule has 0 spiro atoms. The Morgan fingerprint density at radius 1 is 1.44 bits per heavy atom. The lowest BCUT2D eigenvalue weighted by Crippen LogP contribution is -2.30. The van der Waals surface area contributed by atoms with E-state index in [9.17, 15) is 13.2 Å². The molecule has 0 atom stereocenters. The van der Waals surface area contributed by atoms with Crippen LogP contribution in [0.5, 0.6) is 0 Å². The number of thiophene rings is 1. The number of rotatable bonds is 5. The first-order valence-corrected chi connectivity index (χ1v) is 7.07. The Bertz CT molecular complexity index is 473. The van der Waals surface area contributed by atoms with E-state index < -0.39 is 16.0 Å². The number of nitrogens with zero attached hydrogens (tertiary/aromatic N) is 1. The van der Waals surface area contributed by atoms with E-state index in [2.05, 4.69) is 0 Å². The summed E-state index contributed by atoms with van der Waals surface area (Å²) >= 11 is 0.918. The van der Waals surface area contributed by atoms with Gasteiger partial charge in [0.05, 0.1) is 4.90 Å². The van der Waals surface area contributed by atoms with E-state index in [1.54, 1.807) is 13.8 Å². The highest BCUT2D eigenvalue weighted by Gasteiger charge is 2.23. The van der Waals surface area contributed by atoms with Crippen molar-refractivity contribution in [3.63, 3.8) is 0 Å². The van der Waals surface area contributed by atoms with Gasteiger partial charge in [0.15, 0.2) is 0 Å². The van der Waals surface area contributed by atoms with Crippen molar-refractivity contribution in [2.75, 3.05) is 13.1 Å². The lowest BCUT2D eigenvalue weighted by atomic mass is 10.5. The van der Waals surface area contributed by atoms with Crippen molar-refractivity contribution >= 4 is 27.3 Å². The minimum atomic E-state index is -3.53. The molecule has 0 radical (unpaired) electrons. The van der Waals surface area contributed by atoms with Gasteiger partial charge in [-0.05, 0) is 6.07 Å². The summed E-state index contributed by atoms with van der Waals surface area (Å²) in [5.41, 5.74) is 0. The van der Waals surface area contributed by atoms with Crippen LogP contribution in [0.3, 0.4) is 0 Å². The first-order valence-electron chi connectivity index (χ1n) is 4.75. The van der Waals surface area contributed by atoms with Crippen LogP contribution < -0.4 is 0 Å². The molecule has 1 N–H and O–H groups in total. The zero-order valence-electron chi connectivity index (χ0n) is 9.00. The molecule has 0 aliphatic rings. The Morgan fingerprint density at radius 2 is 2.00 bits per heavy atom. The second-order valence-corrected chi connectivity index (χ2v) is 5.89. The Kier molecular flexibility index (Phi) is 4.06. The van der Waals surface area contributed by atoms with Crippen molar-refractivity contribution in [3.05, 3.63) is 16.3 Å². The molecule has 90 valence electrons. The molecule has 0 fully saturated rings. The fourth-order valence-electron chi connectivity index (χ4n) is 1.28. The normalized spacial score (nSPS) is 11.9. The highest BCUT2D eigenvalue weighted by molar-refractivity contribution is 7.89. The molecule has 0 saturated heterocycles. The quantitative estimate of drug-likeness (QED) is 0.873. The van der Waals surface area contributed by atoms with Gasteiger partial charge in [0.25, 0.3) is 0 Å². The maximum absolute atomic E-state index is 12.0. The highest BCUT2D eigenvalue weighted by atomic mass is 32.2. The van der Waals surface area contributed by atoms with Gasteiger partial charge in [-0.25, -0.2) is 13.2 Å². The Morgan fingerprint density at radius 3 is 2.38 bits per heavy atom. The molecule has 16 heavy (non-hydrogen) atoms. The summed E-state index contributed by atoms with van der Waals surface area (Å²) in [4.78, 5) is 10.7. The van der Waals surface area contributed by atoms with E-state index >= 15 is 0 Å². The molecule has 7 heteroatoms. The third-order valence-electron chi connectivity index (χ3n) is 2.13. The summed E-state index contributed by atoms with van der Waals surface area (Å²) in [6.45, 7) is 4.23. The molecule has 0 unspecified atom stereocenters. The summed E-state index contributed by atoms with van der Waals surface area (Å²) in [5.74, 6) is -1.11. The number of hydrogen-bond donors (Lipinski definition) is 1. The van der Waals surface area contributed by atoms with Crippen LogP contribution in [-0.4, -0.2) is 36.9 Å². The molecule has 1 rings (SSSR count). The molecule has 0 bridgehead atoms. The van der Waals surface area contributed by atoms with E-state index in [0.29, 0.717) is 13.1 Å². The van der Waals surface area contributed by atoms with Crippen LogP contribution in [0.2, 0.25) is 0 Å². The highest BCUT2D eigenvalue weighted by Crippen LogP contribution is 2.22. The fraction of sp³-hybridized carbons (Fsp3) is 0.444. The lowest BCUT2D eigenvalue weighted by Gasteiger charge is -2.16. The molecule has 0 amide bonds. The molecule has 0 aromatic carbocycles. The topological polar surface area (TPSA) is 74.7 Å². The summed E-state index contributed by atoms with van der Waals surface area (Å²) in [6.07, 6.45) is 0. The Balaban J connectivity index is 3.12. The fourth-order valence-corrected chi connectivity index (χ4v) is 3.84. The average molecular weight is 263 g/mol. The van der Waals surface area contributed by atoms with Crippen molar-refractivity contribution in [1.82, 2.24) is 4.31 Å². The van der Waals surface area contributed by atoms with Crippen LogP contribution in [0.1, 0.15) is 23.5 Å². The Hall–Kier alpha value is -0.920. The average Bonchev–Trinajstić information content (AvgIpc) is 2.68. The van der Waals surface area contributed by atoms with Crippen LogP contribution in [0.15, 0.2) is 16.3 Å². The van der Waals surface area contributed by atoms with E-state index in [1.807, 2.05) is 0 Å². The lowest BCUT2D eigenvalue weighted by molar-refractivity contribution is 0.0702. The Labute approximate surface area is 98.4 Å².